The second-order valence-corrected chi connectivity index (χ2v) is 9.87. The van der Waals surface area contributed by atoms with Crippen molar-refractivity contribution in [2.45, 2.75) is 25.0 Å². The summed E-state index contributed by atoms with van der Waals surface area (Å²) < 4.78 is 38.8. The minimum absolute atomic E-state index is 0.257. The third-order valence-corrected chi connectivity index (χ3v) is 7.45. The molecule has 10 heteroatoms. The standard InChI is InChI=1S/C23H29N5O4S/c1-3-32-23-22(27-33(29,30)19-5-6-19)13-18(14-25-23)17-4-7-21(26-15-24)20(12-17)16(2)28-8-10-31-11-9-28/h4,7,12-15,19,27H,2-3,5-6,8-11H2,1H3,(H2,24,26). The van der Waals surface area contributed by atoms with Gasteiger partial charge in [-0.1, -0.05) is 12.6 Å². The van der Waals surface area contributed by atoms with E-state index in [1.807, 2.05) is 25.1 Å². The maximum absolute atomic E-state index is 12.6. The molecule has 0 unspecified atom stereocenters. The predicted molar refractivity (Wildman–Crippen MR) is 130 cm³/mol. The molecule has 1 aromatic heterocycles. The van der Waals surface area contributed by atoms with E-state index in [2.05, 4.69) is 26.2 Å². The van der Waals surface area contributed by atoms with Crippen LogP contribution in [0, 0.1) is 0 Å². The average molecular weight is 472 g/mol. The molecule has 1 saturated heterocycles. The molecule has 176 valence electrons. The van der Waals surface area contributed by atoms with Gasteiger partial charge in [0.25, 0.3) is 0 Å². The Morgan fingerprint density at radius 3 is 2.76 bits per heavy atom. The zero-order valence-corrected chi connectivity index (χ0v) is 19.5. The number of nitrogens with two attached hydrogens (primary N) is 1. The molecule has 33 heavy (non-hydrogen) atoms. The van der Waals surface area contributed by atoms with E-state index >= 15 is 0 Å². The quantitative estimate of drug-likeness (QED) is 0.426. The van der Waals surface area contributed by atoms with Crippen molar-refractivity contribution in [1.82, 2.24) is 9.88 Å². The molecule has 2 fully saturated rings. The van der Waals surface area contributed by atoms with Crippen LogP contribution < -0.4 is 15.2 Å². The van der Waals surface area contributed by atoms with Crippen LogP contribution in [0.25, 0.3) is 16.8 Å². The van der Waals surface area contributed by atoms with Crippen LogP contribution in [-0.4, -0.2) is 62.8 Å². The van der Waals surface area contributed by atoms with E-state index in [1.165, 1.54) is 6.34 Å². The van der Waals surface area contributed by atoms with E-state index in [0.29, 0.717) is 44.0 Å². The summed E-state index contributed by atoms with van der Waals surface area (Å²) in [7, 11) is -3.47. The van der Waals surface area contributed by atoms with E-state index in [0.717, 1.165) is 35.5 Å². The van der Waals surface area contributed by atoms with Gasteiger partial charge in [0.15, 0.2) is 0 Å². The molecular formula is C23H29N5O4S. The Hall–Kier alpha value is -3.11. The number of sulfonamides is 1. The lowest BCUT2D eigenvalue weighted by molar-refractivity contribution is 0.0641. The number of aromatic nitrogens is 1. The van der Waals surface area contributed by atoms with Crippen LogP contribution in [0.1, 0.15) is 25.3 Å². The van der Waals surface area contributed by atoms with Crippen molar-refractivity contribution in [3.05, 3.63) is 42.6 Å². The molecule has 0 bridgehead atoms. The highest BCUT2D eigenvalue weighted by Crippen LogP contribution is 2.36. The molecule has 9 nitrogen and oxygen atoms in total. The number of pyridine rings is 1. The van der Waals surface area contributed by atoms with Gasteiger partial charge in [-0.05, 0) is 43.5 Å². The van der Waals surface area contributed by atoms with E-state index < -0.39 is 10.0 Å². The molecule has 2 heterocycles. The molecule has 1 aliphatic heterocycles. The van der Waals surface area contributed by atoms with Crippen LogP contribution in [0.3, 0.4) is 0 Å². The Balaban J connectivity index is 1.71. The molecule has 0 amide bonds. The summed E-state index contributed by atoms with van der Waals surface area (Å²) in [6.45, 7) is 9.25. The summed E-state index contributed by atoms with van der Waals surface area (Å²) in [4.78, 5) is 10.8. The number of hydrogen-bond acceptors (Lipinski definition) is 7. The lowest BCUT2D eigenvalue weighted by Crippen LogP contribution is -2.34. The third kappa shape index (κ3) is 5.28. The Morgan fingerprint density at radius 2 is 2.09 bits per heavy atom. The van der Waals surface area contributed by atoms with Gasteiger partial charge in [0.2, 0.25) is 15.9 Å². The molecule has 0 atom stereocenters. The van der Waals surface area contributed by atoms with Gasteiger partial charge in [0.1, 0.15) is 5.69 Å². The van der Waals surface area contributed by atoms with Gasteiger partial charge >= 0.3 is 0 Å². The van der Waals surface area contributed by atoms with Gasteiger partial charge < -0.3 is 20.1 Å². The van der Waals surface area contributed by atoms with Crippen LogP contribution in [0.4, 0.5) is 11.4 Å². The number of aliphatic imine (C=N–C) groups is 1. The molecule has 1 aliphatic carbocycles. The summed E-state index contributed by atoms with van der Waals surface area (Å²) in [6, 6.07) is 7.48. The normalized spacial score (nSPS) is 16.7. The second-order valence-electron chi connectivity index (χ2n) is 7.91. The predicted octanol–water partition coefficient (Wildman–Crippen LogP) is 2.97. The Bertz CT molecular complexity index is 1160. The molecular weight excluding hydrogens is 442 g/mol. The maximum atomic E-state index is 12.6. The van der Waals surface area contributed by atoms with E-state index in [9.17, 15) is 8.42 Å². The van der Waals surface area contributed by atoms with Crippen molar-refractivity contribution in [3.8, 4) is 17.0 Å². The summed E-state index contributed by atoms with van der Waals surface area (Å²) in [5.74, 6) is 0.257. The number of anilines is 1. The molecule has 2 aromatic rings. The van der Waals surface area contributed by atoms with Crippen molar-refractivity contribution >= 4 is 33.4 Å². The van der Waals surface area contributed by atoms with Gasteiger partial charge in [0.05, 0.1) is 37.1 Å². The highest BCUT2D eigenvalue weighted by atomic mass is 32.2. The van der Waals surface area contributed by atoms with E-state index in [1.54, 1.807) is 12.3 Å². The SMILES string of the molecule is C=C(c1cc(-c2cnc(OCC)c(NS(=O)(=O)C3CC3)c2)ccc1/N=C\N)N1CCOCC1. The summed E-state index contributed by atoms with van der Waals surface area (Å²) in [6.07, 6.45) is 4.27. The maximum Gasteiger partial charge on any atom is 0.238 e. The lowest BCUT2D eigenvalue weighted by Gasteiger charge is -2.31. The number of nitrogens with one attached hydrogen (secondary N) is 1. The fourth-order valence-corrected chi connectivity index (χ4v) is 5.07. The first kappa shape index (κ1) is 23.1. The van der Waals surface area contributed by atoms with Crippen LogP contribution in [-0.2, 0) is 14.8 Å². The molecule has 0 radical (unpaired) electrons. The Kier molecular flexibility index (Phi) is 6.85. The van der Waals surface area contributed by atoms with Crippen molar-refractivity contribution in [1.29, 1.82) is 0 Å². The molecule has 1 aromatic carbocycles. The highest BCUT2D eigenvalue weighted by Gasteiger charge is 2.36. The minimum atomic E-state index is -3.47. The smallest absolute Gasteiger partial charge is 0.238 e. The summed E-state index contributed by atoms with van der Waals surface area (Å²) >= 11 is 0. The molecule has 1 saturated carbocycles. The number of hydrogen-bond donors (Lipinski definition) is 2. The first-order valence-corrected chi connectivity index (χ1v) is 12.5. The van der Waals surface area contributed by atoms with Gasteiger partial charge in [-0.3, -0.25) is 4.72 Å². The average Bonchev–Trinajstić information content (AvgIpc) is 3.67. The van der Waals surface area contributed by atoms with Crippen LogP contribution in [0.2, 0.25) is 0 Å². The van der Waals surface area contributed by atoms with Gasteiger partial charge in [0, 0.05) is 36.1 Å². The van der Waals surface area contributed by atoms with Crippen LogP contribution >= 0.6 is 0 Å². The van der Waals surface area contributed by atoms with Crippen molar-refractivity contribution in [3.63, 3.8) is 0 Å². The zero-order chi connectivity index (χ0) is 23.4. The molecule has 3 N–H and O–H groups in total. The van der Waals surface area contributed by atoms with Crippen LogP contribution in [0.5, 0.6) is 5.88 Å². The van der Waals surface area contributed by atoms with Crippen LogP contribution in [0.15, 0.2) is 42.0 Å². The number of morpholine rings is 1. The molecule has 4 rings (SSSR count). The van der Waals surface area contributed by atoms with Gasteiger partial charge in [-0.25, -0.2) is 18.4 Å². The topological polar surface area (TPSA) is 119 Å². The first-order valence-electron chi connectivity index (χ1n) is 11.0. The van der Waals surface area contributed by atoms with Crippen molar-refractivity contribution in [2.24, 2.45) is 10.7 Å². The van der Waals surface area contributed by atoms with Gasteiger partial charge in [-0.15, -0.1) is 0 Å². The number of benzene rings is 1. The summed E-state index contributed by atoms with van der Waals surface area (Å²) in [5.41, 5.74) is 9.85. The monoisotopic (exact) mass is 471 g/mol. The largest absolute Gasteiger partial charge is 0.476 e. The van der Waals surface area contributed by atoms with Crippen molar-refractivity contribution in [2.75, 3.05) is 37.6 Å². The second kappa shape index (κ2) is 9.80. The summed E-state index contributed by atoms with van der Waals surface area (Å²) in [5, 5.41) is -0.354. The molecule has 0 spiro atoms. The fourth-order valence-electron chi connectivity index (χ4n) is 3.69. The van der Waals surface area contributed by atoms with Gasteiger partial charge in [-0.2, -0.15) is 0 Å². The Labute approximate surface area is 194 Å². The third-order valence-electron chi connectivity index (χ3n) is 5.59. The van der Waals surface area contributed by atoms with E-state index in [-0.39, 0.29) is 11.1 Å². The Morgan fingerprint density at radius 1 is 1.33 bits per heavy atom. The van der Waals surface area contributed by atoms with E-state index in [4.69, 9.17) is 15.2 Å². The zero-order valence-electron chi connectivity index (χ0n) is 18.7. The fraction of sp³-hybridized carbons (Fsp3) is 0.391. The number of nitrogens with zero attached hydrogens (tertiary/aromatic N) is 3. The minimum Gasteiger partial charge on any atom is -0.476 e. The lowest BCUT2D eigenvalue weighted by atomic mass is 10.0. The highest BCUT2D eigenvalue weighted by molar-refractivity contribution is 7.93. The molecule has 2 aliphatic rings. The number of rotatable bonds is 9. The number of ether oxygens (including phenoxy) is 2. The van der Waals surface area contributed by atoms with Crippen molar-refractivity contribution < 1.29 is 17.9 Å². The first-order chi connectivity index (χ1) is 15.9.